The van der Waals surface area contributed by atoms with Crippen molar-refractivity contribution in [2.75, 3.05) is 38.2 Å². The number of morpholine rings is 1. The number of anilines is 1. The van der Waals surface area contributed by atoms with Gasteiger partial charge in [0.25, 0.3) is 5.56 Å². The van der Waals surface area contributed by atoms with Gasteiger partial charge in [0.15, 0.2) is 5.82 Å². The Kier molecular flexibility index (Phi) is 5.53. The lowest BCUT2D eigenvalue weighted by Gasteiger charge is -2.36. The molecular weight excluding hydrogens is 320 g/mol. The predicted molar refractivity (Wildman–Crippen MR) is 95.5 cm³/mol. The number of likely N-dealkylation sites (N-methyl/N-ethyl adjacent to an activating group) is 1. The molecule has 1 fully saturated rings. The highest BCUT2D eigenvalue weighted by atomic mass is 16.5. The smallest absolute Gasteiger partial charge is 0.293 e. The molecule has 1 aliphatic heterocycles. The summed E-state index contributed by atoms with van der Waals surface area (Å²) in [6, 6.07) is 0. The molecule has 0 spiro atoms. The minimum absolute atomic E-state index is 0.101. The molecule has 25 heavy (non-hydrogen) atoms. The lowest BCUT2D eigenvalue weighted by atomic mass is 9.93. The average Bonchev–Trinajstić information content (AvgIpc) is 2.64. The van der Waals surface area contributed by atoms with E-state index in [2.05, 4.69) is 17.1 Å². The summed E-state index contributed by atoms with van der Waals surface area (Å²) >= 11 is 0. The zero-order chi connectivity index (χ0) is 17.8. The molecule has 3 rings (SSSR count). The Bertz CT molecular complexity index is 700. The van der Waals surface area contributed by atoms with Crippen molar-refractivity contribution in [1.29, 1.82) is 0 Å². The number of carbonyl (C=O) groups excluding carboxylic acids is 1. The molecule has 0 aromatic carbocycles. The van der Waals surface area contributed by atoms with Gasteiger partial charge in [0.05, 0.1) is 12.7 Å². The number of ether oxygens (including phenoxy) is 1. The molecule has 0 N–H and O–H groups in total. The van der Waals surface area contributed by atoms with Crippen LogP contribution >= 0.6 is 0 Å². The summed E-state index contributed by atoms with van der Waals surface area (Å²) in [6.07, 6.45) is 10.1. The van der Waals surface area contributed by atoms with Gasteiger partial charge < -0.3 is 19.1 Å². The van der Waals surface area contributed by atoms with Crippen molar-refractivity contribution in [1.82, 2.24) is 14.5 Å². The Balaban J connectivity index is 1.61. The van der Waals surface area contributed by atoms with Crippen LogP contribution in [0.2, 0.25) is 0 Å². The molecule has 2 atom stereocenters. The topological polar surface area (TPSA) is 67.7 Å². The quantitative estimate of drug-likeness (QED) is 0.755. The Morgan fingerprint density at radius 1 is 1.44 bits per heavy atom. The molecule has 7 heteroatoms. The number of nitrogens with zero attached hydrogens (tertiary/aromatic N) is 4. The monoisotopic (exact) mass is 346 g/mol. The van der Waals surface area contributed by atoms with Gasteiger partial charge in [-0.2, -0.15) is 0 Å². The summed E-state index contributed by atoms with van der Waals surface area (Å²) in [4.78, 5) is 32.8. The molecule has 1 aromatic heterocycles. The summed E-state index contributed by atoms with van der Waals surface area (Å²) in [5.41, 5.74) is -0.136. The first-order chi connectivity index (χ1) is 12.1. The number of rotatable bonds is 4. The summed E-state index contributed by atoms with van der Waals surface area (Å²) in [5.74, 6) is 0.730. The third kappa shape index (κ3) is 4.10. The number of hydrogen-bond donors (Lipinski definition) is 0. The van der Waals surface area contributed by atoms with Crippen molar-refractivity contribution >= 4 is 11.7 Å². The van der Waals surface area contributed by atoms with Crippen molar-refractivity contribution in [2.45, 2.75) is 25.4 Å². The molecule has 1 amide bonds. The molecule has 1 aromatic rings. The van der Waals surface area contributed by atoms with Crippen LogP contribution in [0.1, 0.15) is 19.3 Å². The standard InChI is InChI=1S/C18H26N4O3/c1-20-9-8-19-16(18(20)24)21(2)12-15-13-22(10-11-25-15)17(23)14-6-4-3-5-7-14/h3-4,8-9,14-15H,5-7,10-13H2,1-2H3/t14-,15+/m1/s1. The van der Waals surface area contributed by atoms with Crippen LogP contribution in [0.4, 0.5) is 5.82 Å². The van der Waals surface area contributed by atoms with Crippen LogP contribution in [-0.2, 0) is 16.6 Å². The predicted octanol–water partition coefficient (Wildman–Crippen LogP) is 0.800. The van der Waals surface area contributed by atoms with Crippen molar-refractivity contribution < 1.29 is 9.53 Å². The van der Waals surface area contributed by atoms with E-state index in [9.17, 15) is 9.59 Å². The van der Waals surface area contributed by atoms with Gasteiger partial charge in [-0.1, -0.05) is 12.2 Å². The van der Waals surface area contributed by atoms with Crippen LogP contribution in [0, 0.1) is 5.92 Å². The maximum atomic E-state index is 12.7. The highest BCUT2D eigenvalue weighted by molar-refractivity contribution is 5.79. The zero-order valence-corrected chi connectivity index (χ0v) is 14.9. The summed E-state index contributed by atoms with van der Waals surface area (Å²) in [7, 11) is 3.54. The Hall–Kier alpha value is -2.15. The molecule has 136 valence electrons. The highest BCUT2D eigenvalue weighted by Gasteiger charge is 2.30. The minimum atomic E-state index is -0.136. The fourth-order valence-corrected chi connectivity index (χ4v) is 3.44. The van der Waals surface area contributed by atoms with E-state index in [1.807, 2.05) is 16.8 Å². The van der Waals surface area contributed by atoms with Crippen molar-refractivity contribution in [3.63, 3.8) is 0 Å². The Labute approximate surface area is 147 Å². The van der Waals surface area contributed by atoms with E-state index in [1.54, 1.807) is 19.4 Å². The van der Waals surface area contributed by atoms with E-state index >= 15 is 0 Å². The molecule has 0 radical (unpaired) electrons. The maximum absolute atomic E-state index is 12.7. The third-order valence-corrected chi connectivity index (χ3v) is 4.91. The molecule has 0 saturated carbocycles. The van der Waals surface area contributed by atoms with E-state index in [1.165, 1.54) is 4.57 Å². The first kappa shape index (κ1) is 17.7. The fourth-order valence-electron chi connectivity index (χ4n) is 3.44. The van der Waals surface area contributed by atoms with Gasteiger partial charge in [-0.25, -0.2) is 4.98 Å². The van der Waals surface area contributed by atoms with Gasteiger partial charge in [-0.15, -0.1) is 0 Å². The first-order valence-corrected chi connectivity index (χ1v) is 8.84. The summed E-state index contributed by atoms with van der Waals surface area (Å²) in [6.45, 7) is 2.27. The first-order valence-electron chi connectivity index (χ1n) is 8.84. The SMILES string of the molecule is CN(C[C@H]1CN(C(=O)[C@@H]2CC=CCC2)CCO1)c1nccn(C)c1=O. The van der Waals surface area contributed by atoms with Gasteiger partial charge in [0, 0.05) is 52.0 Å². The van der Waals surface area contributed by atoms with E-state index in [4.69, 9.17) is 4.74 Å². The van der Waals surface area contributed by atoms with Crippen LogP contribution in [-0.4, -0.2) is 59.8 Å². The molecular formula is C18H26N4O3. The van der Waals surface area contributed by atoms with E-state index in [0.29, 0.717) is 32.1 Å². The van der Waals surface area contributed by atoms with Crippen molar-refractivity contribution in [3.05, 3.63) is 34.9 Å². The van der Waals surface area contributed by atoms with Gasteiger partial charge in [0.1, 0.15) is 0 Å². The Morgan fingerprint density at radius 2 is 2.28 bits per heavy atom. The average molecular weight is 346 g/mol. The minimum Gasteiger partial charge on any atom is -0.373 e. The van der Waals surface area contributed by atoms with Gasteiger partial charge in [-0.3, -0.25) is 9.59 Å². The molecule has 2 heterocycles. The zero-order valence-electron chi connectivity index (χ0n) is 14.9. The lowest BCUT2D eigenvalue weighted by Crippen LogP contribution is -2.51. The summed E-state index contributed by atoms with van der Waals surface area (Å²) in [5, 5.41) is 0. The van der Waals surface area contributed by atoms with Crippen LogP contribution in [0.25, 0.3) is 0 Å². The normalized spacial score (nSPS) is 23.5. The molecule has 7 nitrogen and oxygen atoms in total. The van der Waals surface area contributed by atoms with Crippen LogP contribution in [0.5, 0.6) is 0 Å². The van der Waals surface area contributed by atoms with E-state index < -0.39 is 0 Å². The van der Waals surface area contributed by atoms with Crippen LogP contribution in [0.3, 0.4) is 0 Å². The molecule has 0 unspecified atom stereocenters. The number of aromatic nitrogens is 2. The number of carbonyl (C=O) groups is 1. The molecule has 1 aliphatic carbocycles. The van der Waals surface area contributed by atoms with Gasteiger partial charge >= 0.3 is 0 Å². The van der Waals surface area contributed by atoms with E-state index in [-0.39, 0.29) is 23.5 Å². The highest BCUT2D eigenvalue weighted by Crippen LogP contribution is 2.22. The van der Waals surface area contributed by atoms with Gasteiger partial charge in [-0.05, 0) is 19.3 Å². The number of amides is 1. The molecule has 0 bridgehead atoms. The van der Waals surface area contributed by atoms with Crippen molar-refractivity contribution in [3.8, 4) is 0 Å². The van der Waals surface area contributed by atoms with Gasteiger partial charge in [0.2, 0.25) is 5.91 Å². The van der Waals surface area contributed by atoms with E-state index in [0.717, 1.165) is 19.3 Å². The molecule has 1 saturated heterocycles. The fraction of sp³-hybridized carbons (Fsp3) is 0.611. The third-order valence-electron chi connectivity index (χ3n) is 4.91. The second-order valence-electron chi connectivity index (χ2n) is 6.81. The largest absolute Gasteiger partial charge is 0.373 e. The second-order valence-corrected chi connectivity index (χ2v) is 6.81. The maximum Gasteiger partial charge on any atom is 0.293 e. The van der Waals surface area contributed by atoms with Crippen molar-refractivity contribution in [2.24, 2.45) is 13.0 Å². The lowest BCUT2D eigenvalue weighted by molar-refractivity contribution is -0.143. The van der Waals surface area contributed by atoms with Crippen LogP contribution in [0.15, 0.2) is 29.3 Å². The number of allylic oxidation sites excluding steroid dienone is 2. The molecule has 2 aliphatic rings. The number of aryl methyl sites for hydroxylation is 1. The van der Waals surface area contributed by atoms with Crippen LogP contribution < -0.4 is 10.5 Å². The Morgan fingerprint density at radius 3 is 3.04 bits per heavy atom. The number of hydrogen-bond acceptors (Lipinski definition) is 5. The summed E-state index contributed by atoms with van der Waals surface area (Å²) < 4.78 is 7.33. The second kappa shape index (κ2) is 7.82.